The summed E-state index contributed by atoms with van der Waals surface area (Å²) in [4.78, 5) is 13.2. The second kappa shape index (κ2) is 8.49. The molecule has 0 atom stereocenters. The second-order valence-corrected chi connectivity index (χ2v) is 8.09. The Kier molecular flexibility index (Phi) is 6.05. The zero-order valence-electron chi connectivity index (χ0n) is 16.2. The topological polar surface area (TPSA) is 102 Å². The van der Waals surface area contributed by atoms with Gasteiger partial charge in [0.25, 0.3) is 0 Å². The van der Waals surface area contributed by atoms with Gasteiger partial charge in [-0.2, -0.15) is 0 Å². The molecule has 0 saturated heterocycles. The van der Waals surface area contributed by atoms with Gasteiger partial charge in [0.05, 0.1) is 4.90 Å². The minimum atomic E-state index is -3.53. The first-order chi connectivity index (χ1) is 13.4. The summed E-state index contributed by atoms with van der Waals surface area (Å²) in [5.74, 6) is 2.78. The maximum absolute atomic E-state index is 12.4. The summed E-state index contributed by atoms with van der Waals surface area (Å²) in [5.41, 5.74) is 1.10. The van der Waals surface area contributed by atoms with Crippen LogP contribution in [0.4, 0.5) is 5.82 Å². The molecule has 0 aliphatic rings. The molecule has 0 bridgehead atoms. The highest BCUT2D eigenvalue weighted by molar-refractivity contribution is 7.89. The SMILES string of the molecule is CCc1ccc(S(=O)(=O)NCCNc2cc(-n3ccnc3C)nc(C)n2)cc1. The van der Waals surface area contributed by atoms with Crippen molar-refractivity contribution < 1.29 is 8.42 Å². The molecule has 9 heteroatoms. The van der Waals surface area contributed by atoms with Crippen LogP contribution in [0.1, 0.15) is 24.1 Å². The number of hydrogen-bond acceptors (Lipinski definition) is 6. The van der Waals surface area contributed by atoms with Crippen LogP contribution in [0.15, 0.2) is 47.6 Å². The number of nitrogens with zero attached hydrogens (tertiary/aromatic N) is 4. The van der Waals surface area contributed by atoms with Crippen LogP contribution >= 0.6 is 0 Å². The van der Waals surface area contributed by atoms with E-state index in [2.05, 4.69) is 25.0 Å². The Hall–Kier alpha value is -2.78. The molecule has 148 valence electrons. The summed E-state index contributed by atoms with van der Waals surface area (Å²) in [6.45, 7) is 6.36. The molecule has 3 aromatic rings. The number of sulfonamides is 1. The standard InChI is InChI=1S/C19H24N6O2S/c1-4-16-5-7-17(8-6-16)28(26,27)22-10-9-21-18-13-19(24-14(2)23-18)25-12-11-20-15(25)3/h5-8,11-13,22H,4,9-10H2,1-3H3,(H,21,23,24). The molecule has 0 amide bonds. The quantitative estimate of drug-likeness (QED) is 0.562. The van der Waals surface area contributed by atoms with E-state index in [1.807, 2.05) is 43.7 Å². The Bertz CT molecular complexity index is 1040. The van der Waals surface area contributed by atoms with Crippen LogP contribution < -0.4 is 10.0 Å². The predicted molar refractivity (Wildman–Crippen MR) is 108 cm³/mol. The van der Waals surface area contributed by atoms with Crippen LogP contribution in [0.3, 0.4) is 0 Å². The third kappa shape index (κ3) is 4.73. The second-order valence-electron chi connectivity index (χ2n) is 6.33. The van der Waals surface area contributed by atoms with Gasteiger partial charge in [0.1, 0.15) is 23.3 Å². The van der Waals surface area contributed by atoms with Crippen molar-refractivity contribution in [2.45, 2.75) is 32.1 Å². The number of nitrogens with one attached hydrogen (secondary N) is 2. The summed E-state index contributed by atoms with van der Waals surface area (Å²) in [5, 5.41) is 3.14. The molecule has 2 N–H and O–H groups in total. The monoisotopic (exact) mass is 400 g/mol. The smallest absolute Gasteiger partial charge is 0.240 e. The number of anilines is 1. The number of aromatic nitrogens is 4. The third-order valence-electron chi connectivity index (χ3n) is 4.26. The maximum Gasteiger partial charge on any atom is 0.240 e. The Morgan fingerprint density at radius 3 is 2.46 bits per heavy atom. The average molecular weight is 401 g/mol. The van der Waals surface area contributed by atoms with E-state index in [0.717, 1.165) is 17.8 Å². The van der Waals surface area contributed by atoms with Gasteiger partial charge < -0.3 is 5.32 Å². The highest BCUT2D eigenvalue weighted by Crippen LogP contribution is 2.13. The van der Waals surface area contributed by atoms with E-state index in [-0.39, 0.29) is 11.4 Å². The van der Waals surface area contributed by atoms with Crippen molar-refractivity contribution in [3.05, 3.63) is 59.9 Å². The zero-order valence-corrected chi connectivity index (χ0v) is 17.0. The lowest BCUT2D eigenvalue weighted by atomic mass is 10.2. The molecule has 0 aliphatic carbocycles. The Balaban J connectivity index is 1.60. The normalized spacial score (nSPS) is 11.5. The molecule has 0 radical (unpaired) electrons. The highest BCUT2D eigenvalue weighted by atomic mass is 32.2. The molecular weight excluding hydrogens is 376 g/mol. The fourth-order valence-electron chi connectivity index (χ4n) is 2.75. The third-order valence-corrected chi connectivity index (χ3v) is 5.74. The van der Waals surface area contributed by atoms with Crippen molar-refractivity contribution in [3.8, 4) is 5.82 Å². The van der Waals surface area contributed by atoms with E-state index in [0.29, 0.717) is 24.0 Å². The van der Waals surface area contributed by atoms with E-state index in [9.17, 15) is 8.42 Å². The van der Waals surface area contributed by atoms with E-state index >= 15 is 0 Å². The molecule has 28 heavy (non-hydrogen) atoms. The van der Waals surface area contributed by atoms with Crippen LogP contribution in [-0.4, -0.2) is 41.0 Å². The molecule has 1 aromatic carbocycles. The van der Waals surface area contributed by atoms with Crippen molar-refractivity contribution in [3.63, 3.8) is 0 Å². The molecule has 2 aromatic heterocycles. The summed E-state index contributed by atoms with van der Waals surface area (Å²) in [7, 11) is -3.53. The first-order valence-electron chi connectivity index (χ1n) is 9.07. The van der Waals surface area contributed by atoms with Crippen LogP contribution in [0.25, 0.3) is 5.82 Å². The zero-order chi connectivity index (χ0) is 20.1. The fourth-order valence-corrected chi connectivity index (χ4v) is 3.78. The lowest BCUT2D eigenvalue weighted by Crippen LogP contribution is -2.29. The van der Waals surface area contributed by atoms with Gasteiger partial charge in [-0.25, -0.2) is 28.1 Å². The van der Waals surface area contributed by atoms with Crippen molar-refractivity contribution in [1.82, 2.24) is 24.2 Å². The summed E-state index contributed by atoms with van der Waals surface area (Å²) < 4.78 is 29.2. The maximum atomic E-state index is 12.4. The molecule has 0 aliphatic heterocycles. The highest BCUT2D eigenvalue weighted by Gasteiger charge is 2.13. The number of hydrogen-bond donors (Lipinski definition) is 2. The fraction of sp³-hybridized carbons (Fsp3) is 0.316. The Morgan fingerprint density at radius 1 is 1.07 bits per heavy atom. The number of benzene rings is 1. The van der Waals surface area contributed by atoms with Crippen LogP contribution in [-0.2, 0) is 16.4 Å². The molecular formula is C19H24N6O2S. The molecule has 0 spiro atoms. The summed E-state index contributed by atoms with van der Waals surface area (Å²) in [6, 6.07) is 8.72. The van der Waals surface area contributed by atoms with Gasteiger partial charge >= 0.3 is 0 Å². The number of aryl methyl sites for hydroxylation is 3. The lowest BCUT2D eigenvalue weighted by molar-refractivity contribution is 0.583. The first-order valence-corrected chi connectivity index (χ1v) is 10.6. The van der Waals surface area contributed by atoms with Gasteiger partial charge in [-0.3, -0.25) is 4.57 Å². The van der Waals surface area contributed by atoms with Gasteiger partial charge in [-0.15, -0.1) is 0 Å². The van der Waals surface area contributed by atoms with Crippen molar-refractivity contribution in [2.75, 3.05) is 18.4 Å². The number of rotatable bonds is 8. The van der Waals surface area contributed by atoms with Crippen molar-refractivity contribution in [2.24, 2.45) is 0 Å². The minimum absolute atomic E-state index is 0.236. The predicted octanol–water partition coefficient (Wildman–Crippen LogP) is 2.23. The van der Waals surface area contributed by atoms with Crippen LogP contribution in [0.5, 0.6) is 0 Å². The van der Waals surface area contributed by atoms with Gasteiger partial charge in [0.15, 0.2) is 0 Å². The van der Waals surface area contributed by atoms with Crippen molar-refractivity contribution in [1.29, 1.82) is 0 Å². The molecule has 0 unspecified atom stereocenters. The van der Waals surface area contributed by atoms with Crippen molar-refractivity contribution >= 4 is 15.8 Å². The number of imidazole rings is 1. The minimum Gasteiger partial charge on any atom is -0.369 e. The van der Waals surface area contributed by atoms with Gasteiger partial charge in [-0.05, 0) is 38.0 Å². The molecule has 0 saturated carbocycles. The van der Waals surface area contributed by atoms with Gasteiger partial charge in [-0.1, -0.05) is 19.1 Å². The van der Waals surface area contributed by atoms with Gasteiger partial charge in [0.2, 0.25) is 10.0 Å². The van der Waals surface area contributed by atoms with Gasteiger partial charge in [0, 0.05) is 31.5 Å². The van der Waals surface area contributed by atoms with Crippen LogP contribution in [0.2, 0.25) is 0 Å². The average Bonchev–Trinajstić information content (AvgIpc) is 3.11. The molecule has 2 heterocycles. The Labute approximate surface area is 165 Å². The molecule has 8 nitrogen and oxygen atoms in total. The van der Waals surface area contributed by atoms with Crippen LogP contribution in [0, 0.1) is 13.8 Å². The van der Waals surface area contributed by atoms with E-state index < -0.39 is 10.0 Å². The molecule has 0 fully saturated rings. The van der Waals surface area contributed by atoms with E-state index in [1.165, 1.54) is 0 Å². The summed E-state index contributed by atoms with van der Waals surface area (Å²) >= 11 is 0. The summed E-state index contributed by atoms with van der Waals surface area (Å²) in [6.07, 6.45) is 4.41. The lowest BCUT2D eigenvalue weighted by Gasteiger charge is -2.11. The largest absolute Gasteiger partial charge is 0.369 e. The first kappa shape index (κ1) is 20.0. The Morgan fingerprint density at radius 2 is 1.82 bits per heavy atom. The molecule has 3 rings (SSSR count). The van der Waals surface area contributed by atoms with E-state index in [4.69, 9.17) is 0 Å². The van der Waals surface area contributed by atoms with E-state index in [1.54, 1.807) is 24.4 Å².